The molecule has 0 radical (unpaired) electrons. The van der Waals surface area contributed by atoms with Gasteiger partial charge in [-0.15, -0.1) is 13.2 Å². The van der Waals surface area contributed by atoms with Crippen LogP contribution in [0.1, 0.15) is 71.5 Å². The van der Waals surface area contributed by atoms with Crippen LogP contribution in [0.25, 0.3) is 0 Å². The second-order valence-electron chi connectivity index (χ2n) is 11.6. The van der Waals surface area contributed by atoms with Crippen molar-refractivity contribution in [3.8, 4) is 5.75 Å². The minimum atomic E-state index is -4.79. The summed E-state index contributed by atoms with van der Waals surface area (Å²) in [6.45, 7) is 0.896. The lowest BCUT2D eigenvalue weighted by molar-refractivity contribution is -0.274. The molecule has 1 heterocycles. The van der Waals surface area contributed by atoms with Crippen molar-refractivity contribution >= 4 is 17.5 Å². The fraction of sp³-hybridized carbons (Fsp3) is 0.412. The topological polar surface area (TPSA) is 90.9 Å². The van der Waals surface area contributed by atoms with E-state index in [0.717, 1.165) is 48.9 Å². The molecular weight excluding hydrogens is 571 g/mol. The van der Waals surface area contributed by atoms with E-state index < -0.39 is 18.5 Å². The van der Waals surface area contributed by atoms with E-state index in [1.807, 2.05) is 42.5 Å². The Morgan fingerprint density at radius 1 is 0.977 bits per heavy atom. The maximum Gasteiger partial charge on any atom is 0.573 e. The first kappa shape index (κ1) is 31.5. The van der Waals surface area contributed by atoms with Gasteiger partial charge in [0.15, 0.2) is 0 Å². The van der Waals surface area contributed by atoms with Crippen LogP contribution in [-0.4, -0.2) is 48.5 Å². The maximum absolute atomic E-state index is 13.8. The molecule has 2 aliphatic rings. The van der Waals surface area contributed by atoms with Gasteiger partial charge in [0.05, 0.1) is 12.1 Å². The number of aliphatic hydroxyl groups is 1. The summed E-state index contributed by atoms with van der Waals surface area (Å²) < 4.78 is 41.9. The molecule has 44 heavy (non-hydrogen) atoms. The molecule has 2 atom stereocenters. The zero-order valence-corrected chi connectivity index (χ0v) is 24.5. The van der Waals surface area contributed by atoms with Crippen molar-refractivity contribution in [3.05, 3.63) is 95.1 Å². The van der Waals surface area contributed by atoms with Gasteiger partial charge in [0.25, 0.3) is 5.91 Å². The number of nitrogens with one attached hydrogen (secondary N) is 2. The van der Waals surface area contributed by atoms with Crippen LogP contribution < -0.4 is 20.3 Å². The van der Waals surface area contributed by atoms with Crippen molar-refractivity contribution in [1.29, 1.82) is 0 Å². The number of rotatable bonds is 12. The largest absolute Gasteiger partial charge is 0.573 e. The predicted molar refractivity (Wildman–Crippen MR) is 161 cm³/mol. The number of benzene rings is 3. The van der Waals surface area contributed by atoms with Gasteiger partial charge in [-0.25, -0.2) is 0 Å². The molecule has 1 aliphatic heterocycles. The standard InChI is InChI=1S/C34H38F3N3O4/c35-34(36,37)44-29-13-6-10-24(16-29)21-38-22-31(41)30(17-23-8-2-1-3-9-23)39-33(43)27-18-26(25-11-4-5-12-25)19-28(20-27)40-15-7-14-32(40)42/h1-3,6,8-10,13,16,18-20,25,30-31,38,41H,4-5,7,11-12,14-15,17,21-22H2,(H,39,43)/t30-,31+/m0/s1. The van der Waals surface area contributed by atoms with Gasteiger partial charge in [-0.3, -0.25) is 9.59 Å². The average molecular weight is 610 g/mol. The summed E-state index contributed by atoms with van der Waals surface area (Å²) in [5.41, 5.74) is 3.72. The first-order valence-electron chi connectivity index (χ1n) is 15.2. The Morgan fingerprint density at radius 2 is 1.73 bits per heavy atom. The van der Waals surface area contributed by atoms with E-state index in [0.29, 0.717) is 36.4 Å². The SMILES string of the molecule is O=C(N[C@@H](Cc1ccccc1)[C@H](O)CNCc1cccc(OC(F)(F)F)c1)c1cc(C2CCCC2)cc(N2CCCC2=O)c1. The molecule has 3 aromatic carbocycles. The van der Waals surface area contributed by atoms with Gasteiger partial charge in [0.1, 0.15) is 5.75 Å². The van der Waals surface area contributed by atoms with Gasteiger partial charge >= 0.3 is 6.36 Å². The number of nitrogens with zero attached hydrogens (tertiary/aromatic N) is 1. The highest BCUT2D eigenvalue weighted by Crippen LogP contribution is 2.37. The third kappa shape index (κ3) is 8.60. The zero-order valence-electron chi connectivity index (χ0n) is 24.5. The molecule has 3 aromatic rings. The monoisotopic (exact) mass is 609 g/mol. The maximum atomic E-state index is 13.8. The highest BCUT2D eigenvalue weighted by molar-refractivity contribution is 5.99. The molecule has 0 unspecified atom stereocenters. The van der Waals surface area contributed by atoms with Crippen LogP contribution in [0.15, 0.2) is 72.8 Å². The summed E-state index contributed by atoms with van der Waals surface area (Å²) in [5.74, 6) is -0.260. The van der Waals surface area contributed by atoms with E-state index in [-0.39, 0.29) is 30.7 Å². The summed E-state index contributed by atoms with van der Waals surface area (Å²) in [7, 11) is 0. The van der Waals surface area contributed by atoms with Crippen LogP contribution in [0.3, 0.4) is 0 Å². The first-order chi connectivity index (χ1) is 21.1. The van der Waals surface area contributed by atoms with Gasteiger partial charge in [-0.05, 0) is 78.6 Å². The molecule has 1 saturated carbocycles. The summed E-state index contributed by atoms with van der Waals surface area (Å²) in [6.07, 6.45) is 0.214. The Hall–Kier alpha value is -3.89. The number of anilines is 1. The van der Waals surface area contributed by atoms with Crippen molar-refractivity contribution in [2.75, 3.05) is 18.0 Å². The van der Waals surface area contributed by atoms with Gasteiger partial charge in [0, 0.05) is 37.3 Å². The fourth-order valence-corrected chi connectivity index (χ4v) is 6.10. The van der Waals surface area contributed by atoms with Crippen LogP contribution >= 0.6 is 0 Å². The Kier molecular flexibility index (Phi) is 10.2. The Labute approximate surface area is 255 Å². The number of hydrogen-bond acceptors (Lipinski definition) is 5. The van der Waals surface area contributed by atoms with E-state index in [1.54, 1.807) is 17.0 Å². The van der Waals surface area contributed by atoms with Crippen molar-refractivity contribution in [2.45, 2.75) is 75.9 Å². The van der Waals surface area contributed by atoms with Gasteiger partial charge in [-0.1, -0.05) is 55.3 Å². The number of aliphatic hydroxyl groups excluding tert-OH is 1. The van der Waals surface area contributed by atoms with E-state index in [4.69, 9.17) is 0 Å². The minimum absolute atomic E-state index is 0.0545. The molecule has 7 nitrogen and oxygen atoms in total. The summed E-state index contributed by atoms with van der Waals surface area (Å²) in [4.78, 5) is 28.1. The molecule has 2 fully saturated rings. The van der Waals surface area contributed by atoms with Crippen LogP contribution in [0, 0.1) is 0 Å². The smallest absolute Gasteiger partial charge is 0.406 e. The number of carbonyl (C=O) groups is 2. The number of amides is 2. The number of halogens is 3. The van der Waals surface area contributed by atoms with Crippen molar-refractivity contribution in [3.63, 3.8) is 0 Å². The lowest BCUT2D eigenvalue weighted by Crippen LogP contribution is -2.48. The molecular formula is C34H38F3N3O4. The summed E-state index contributed by atoms with van der Waals surface area (Å²) in [6, 6.07) is 20.2. The molecule has 1 saturated heterocycles. The lowest BCUT2D eigenvalue weighted by atomic mass is 9.94. The molecule has 3 N–H and O–H groups in total. The van der Waals surface area contributed by atoms with Crippen molar-refractivity contribution in [1.82, 2.24) is 10.6 Å². The summed E-state index contributed by atoms with van der Waals surface area (Å²) >= 11 is 0. The fourth-order valence-electron chi connectivity index (χ4n) is 6.10. The molecule has 0 aromatic heterocycles. The van der Waals surface area contributed by atoms with Gasteiger partial charge in [-0.2, -0.15) is 0 Å². The van der Waals surface area contributed by atoms with Crippen LogP contribution in [0.5, 0.6) is 5.75 Å². The van der Waals surface area contributed by atoms with E-state index >= 15 is 0 Å². The molecule has 234 valence electrons. The van der Waals surface area contributed by atoms with E-state index in [9.17, 15) is 27.9 Å². The summed E-state index contributed by atoms with van der Waals surface area (Å²) in [5, 5.41) is 17.4. The third-order valence-electron chi connectivity index (χ3n) is 8.31. The van der Waals surface area contributed by atoms with Crippen molar-refractivity contribution < 1.29 is 32.6 Å². The Balaban J connectivity index is 1.31. The lowest BCUT2D eigenvalue weighted by Gasteiger charge is -2.26. The van der Waals surface area contributed by atoms with Crippen LogP contribution in [0.2, 0.25) is 0 Å². The number of hydrogen-bond donors (Lipinski definition) is 3. The number of carbonyl (C=O) groups excluding carboxylic acids is 2. The number of alkyl halides is 3. The van der Waals surface area contributed by atoms with E-state index in [2.05, 4.69) is 15.4 Å². The third-order valence-corrected chi connectivity index (χ3v) is 8.31. The van der Waals surface area contributed by atoms with E-state index in [1.165, 1.54) is 18.2 Å². The Morgan fingerprint density at radius 3 is 2.43 bits per heavy atom. The Bertz CT molecular complexity index is 1430. The first-order valence-corrected chi connectivity index (χ1v) is 15.2. The molecule has 2 amide bonds. The van der Waals surface area contributed by atoms with Gasteiger partial charge < -0.3 is 25.4 Å². The van der Waals surface area contributed by atoms with Crippen LogP contribution in [-0.2, 0) is 17.8 Å². The highest BCUT2D eigenvalue weighted by Gasteiger charge is 2.31. The van der Waals surface area contributed by atoms with Crippen molar-refractivity contribution in [2.24, 2.45) is 0 Å². The van der Waals surface area contributed by atoms with Gasteiger partial charge in [0.2, 0.25) is 5.91 Å². The minimum Gasteiger partial charge on any atom is -0.406 e. The van der Waals surface area contributed by atoms with Crippen LogP contribution in [0.4, 0.5) is 18.9 Å². The molecule has 10 heteroatoms. The zero-order chi connectivity index (χ0) is 31.1. The second-order valence-corrected chi connectivity index (χ2v) is 11.6. The number of ether oxygens (including phenoxy) is 1. The molecule has 0 bridgehead atoms. The second kappa shape index (κ2) is 14.3. The quantitative estimate of drug-likeness (QED) is 0.239. The average Bonchev–Trinajstić information content (AvgIpc) is 3.69. The molecule has 1 aliphatic carbocycles. The molecule has 5 rings (SSSR count). The highest BCUT2D eigenvalue weighted by atomic mass is 19.4. The molecule has 0 spiro atoms. The predicted octanol–water partition coefficient (Wildman–Crippen LogP) is 5.86. The normalized spacial score (nSPS) is 17.1.